The van der Waals surface area contributed by atoms with Gasteiger partial charge < -0.3 is 74.2 Å². The number of imidazole rings is 1. The van der Waals surface area contributed by atoms with Gasteiger partial charge in [-0.3, -0.25) is 43.2 Å². The number of hydrogen-bond acceptors (Lipinski definition) is 13. The van der Waals surface area contributed by atoms with Crippen LogP contribution in [0.1, 0.15) is 97.4 Å². The zero-order valence-electron chi connectivity index (χ0n) is 46.3. The van der Waals surface area contributed by atoms with Crippen molar-refractivity contribution in [1.82, 2.24) is 57.5 Å². The molecule has 436 valence electrons. The molecule has 0 radical (unpaired) electrons. The third-order valence-corrected chi connectivity index (χ3v) is 13.0. The number of carboxylic acids is 1. The molecule has 0 aliphatic rings. The summed E-state index contributed by atoms with van der Waals surface area (Å²) in [6.45, 7) is 11.2. The third kappa shape index (κ3) is 21.2. The summed E-state index contributed by atoms with van der Waals surface area (Å²) in [6, 6.07) is 6.35. The van der Waals surface area contributed by atoms with E-state index in [-0.39, 0.29) is 56.8 Å². The maximum atomic E-state index is 14.2. The van der Waals surface area contributed by atoms with Crippen LogP contribution < -0.4 is 54.0 Å². The first-order chi connectivity index (χ1) is 37.8. The second-order valence-electron chi connectivity index (χ2n) is 21.2. The van der Waals surface area contributed by atoms with Crippen LogP contribution in [-0.4, -0.2) is 145 Å². The Balaban J connectivity index is 1.44. The molecule has 0 unspecified atom stereocenters. The maximum absolute atomic E-state index is 14.2. The summed E-state index contributed by atoms with van der Waals surface area (Å²) in [5, 5.41) is 42.3. The van der Waals surface area contributed by atoms with Gasteiger partial charge in [0.05, 0.1) is 37.5 Å². The number of H-pyrrole nitrogens is 2. The van der Waals surface area contributed by atoms with Gasteiger partial charge in [-0.2, -0.15) is 0 Å². The average molecular weight is 1110 g/mol. The van der Waals surface area contributed by atoms with E-state index in [1.54, 1.807) is 64.2 Å². The number of amides is 9. The van der Waals surface area contributed by atoms with E-state index in [0.29, 0.717) is 11.3 Å². The molecular weight excluding hydrogens is 1030 g/mol. The number of aliphatic hydroxyl groups excluding tert-OH is 1. The van der Waals surface area contributed by atoms with Gasteiger partial charge in [-0.15, -0.1) is 0 Å². The summed E-state index contributed by atoms with van der Waals surface area (Å²) in [7, 11) is 0. The van der Waals surface area contributed by atoms with Gasteiger partial charge in [0.1, 0.15) is 36.3 Å². The second-order valence-corrected chi connectivity index (χ2v) is 21.2. The molecule has 2 aromatic carbocycles. The predicted molar refractivity (Wildman–Crippen MR) is 295 cm³/mol. The Morgan fingerprint density at radius 3 is 1.86 bits per heavy atom. The van der Waals surface area contributed by atoms with Crippen LogP contribution >= 0.6 is 0 Å². The molecule has 16 N–H and O–H groups in total. The first-order valence-corrected chi connectivity index (χ1v) is 26.7. The average Bonchev–Trinajstić information content (AvgIpc) is 4.07. The first-order valence-electron chi connectivity index (χ1n) is 26.7. The summed E-state index contributed by atoms with van der Waals surface area (Å²) in [6.07, 6.45) is 2.28. The predicted octanol–water partition coefficient (Wildman–Crippen LogP) is -0.375. The molecular formula is C55H79N13O12. The van der Waals surface area contributed by atoms with E-state index < -0.39 is 132 Å². The topological polar surface area (TPSA) is 404 Å². The van der Waals surface area contributed by atoms with Crippen molar-refractivity contribution >= 4 is 70.0 Å². The summed E-state index contributed by atoms with van der Waals surface area (Å²) in [5.41, 5.74) is 14.2. The lowest BCUT2D eigenvalue weighted by atomic mass is 9.96. The smallest absolute Gasteiger partial charge is 0.326 e. The summed E-state index contributed by atoms with van der Waals surface area (Å²) >= 11 is 0. The van der Waals surface area contributed by atoms with Gasteiger partial charge in [-0.25, -0.2) is 9.78 Å². The minimum atomic E-state index is -1.44. The van der Waals surface area contributed by atoms with Crippen molar-refractivity contribution in [3.63, 3.8) is 0 Å². The third-order valence-electron chi connectivity index (χ3n) is 13.0. The van der Waals surface area contributed by atoms with Gasteiger partial charge >= 0.3 is 5.97 Å². The normalized spacial score (nSPS) is 14.8. The molecule has 9 amide bonds. The number of hydrogen-bond donors (Lipinski definition) is 14. The number of aliphatic carboxylic acids is 1. The highest BCUT2D eigenvalue weighted by Gasteiger charge is 2.34. The van der Waals surface area contributed by atoms with Gasteiger partial charge in [0, 0.05) is 48.3 Å². The number of carbonyl (C=O) groups excluding carboxylic acids is 9. The van der Waals surface area contributed by atoms with Gasteiger partial charge in [-0.1, -0.05) is 90.1 Å². The Bertz CT molecular complexity index is 2730. The quantitative estimate of drug-likeness (QED) is 0.0290. The Kier molecular flexibility index (Phi) is 25.3. The van der Waals surface area contributed by atoms with E-state index in [2.05, 4.69) is 57.5 Å². The molecule has 25 heteroatoms. The van der Waals surface area contributed by atoms with E-state index in [4.69, 9.17) is 11.5 Å². The van der Waals surface area contributed by atoms with Crippen molar-refractivity contribution in [3.05, 3.63) is 90.1 Å². The number of carbonyl (C=O) groups is 10. The summed E-state index contributed by atoms with van der Waals surface area (Å²) in [4.78, 5) is 143. The number of aromatic nitrogens is 3. The van der Waals surface area contributed by atoms with Crippen molar-refractivity contribution in [2.75, 3.05) is 6.54 Å². The molecule has 4 rings (SSSR count). The molecule has 0 aliphatic heterocycles. The molecule has 0 saturated carbocycles. The molecule has 9 atom stereocenters. The van der Waals surface area contributed by atoms with Gasteiger partial charge in [0.15, 0.2) is 0 Å². The Hall–Kier alpha value is -8.19. The number of aliphatic hydroxyl groups is 1. The van der Waals surface area contributed by atoms with Crippen LogP contribution in [0.25, 0.3) is 10.9 Å². The lowest BCUT2D eigenvalue weighted by Crippen LogP contribution is -2.59. The Morgan fingerprint density at radius 1 is 0.625 bits per heavy atom. The number of primary amides is 1. The summed E-state index contributed by atoms with van der Waals surface area (Å²) < 4.78 is 0. The molecule has 4 aromatic rings. The van der Waals surface area contributed by atoms with Gasteiger partial charge in [0.25, 0.3) is 0 Å². The number of carboxylic acid groups (broad SMARTS) is 1. The number of fused-ring (bicyclic) bond motifs is 1. The Morgan fingerprint density at radius 2 is 1.24 bits per heavy atom. The highest BCUT2D eigenvalue weighted by Crippen LogP contribution is 2.20. The van der Waals surface area contributed by atoms with Crippen LogP contribution in [0, 0.1) is 17.8 Å². The molecule has 0 spiro atoms. The number of aromatic amines is 2. The first kappa shape index (κ1) is 64.3. The summed E-state index contributed by atoms with van der Waals surface area (Å²) in [5.74, 6) is -8.89. The zero-order valence-corrected chi connectivity index (χ0v) is 46.3. The molecule has 80 heavy (non-hydrogen) atoms. The fourth-order valence-electron chi connectivity index (χ4n) is 8.72. The highest BCUT2D eigenvalue weighted by atomic mass is 16.4. The van der Waals surface area contributed by atoms with E-state index in [1.165, 1.54) is 19.4 Å². The van der Waals surface area contributed by atoms with E-state index in [0.717, 1.165) is 16.5 Å². The van der Waals surface area contributed by atoms with Crippen LogP contribution in [0.5, 0.6) is 0 Å². The molecule has 0 saturated heterocycles. The standard InChI is InChI=1S/C55H79N13O12/c1-29(2)19-40(44(69)24-46(71)64-43(55(79)80)20-30(3)4)66-53(77)42(23-35-26-58-28-61-35)63-47(72)27-60-54(78)48(31(5)6)68-49(73)32(7)62-52(76)41(22-34-25-59-38-16-12-11-15-36(34)38)67-51(75)39(17-18-45(57)70)65-50(74)37(56)21-33-13-9-8-10-14-33/h8-16,25-26,28-32,37,39-44,48,59,69H,17-24,27,56H2,1-7H3,(H2,57,70)(H,58,61)(H,60,78)(H,62,76)(H,63,72)(H,64,71)(H,65,74)(H,66,77)(H,67,75)(H,68,73)(H,79,80)/t32-,37+,39-,40-,41-,42-,43-,44-,48-/m0/s1. The fraction of sp³-hybridized carbons (Fsp3) is 0.509. The largest absolute Gasteiger partial charge is 0.480 e. The van der Waals surface area contributed by atoms with Crippen LogP contribution in [0.2, 0.25) is 0 Å². The SMILES string of the molecule is CC(C)C[C@H](NC(=O)C[C@H](O)[C@H](CC(C)C)NC(=O)[C@H](Cc1cnc[nH]1)NC(=O)CNC(=O)[C@@H](NC(=O)[C@H](C)NC(=O)[C@H](Cc1c[nH]c2ccccc12)NC(=O)[C@H](CCC(N)=O)NC(=O)[C@H](N)Cc1ccccc1)C(C)C)C(=O)O. The monoisotopic (exact) mass is 1110 g/mol. The fourth-order valence-corrected chi connectivity index (χ4v) is 8.72. The van der Waals surface area contributed by atoms with Crippen LogP contribution in [0.3, 0.4) is 0 Å². The number of nitrogens with zero attached hydrogens (tertiary/aromatic N) is 1. The van der Waals surface area contributed by atoms with Crippen LogP contribution in [0.4, 0.5) is 0 Å². The van der Waals surface area contributed by atoms with Crippen molar-refractivity contribution in [2.45, 2.75) is 154 Å². The number of nitrogens with one attached hydrogen (secondary N) is 10. The van der Waals surface area contributed by atoms with E-state index >= 15 is 0 Å². The zero-order chi connectivity index (χ0) is 59.2. The van der Waals surface area contributed by atoms with E-state index in [9.17, 15) is 58.2 Å². The molecule has 25 nitrogen and oxygen atoms in total. The Labute approximate surface area is 464 Å². The van der Waals surface area contributed by atoms with Gasteiger partial charge in [0.2, 0.25) is 53.2 Å². The van der Waals surface area contributed by atoms with Crippen molar-refractivity contribution in [1.29, 1.82) is 0 Å². The molecule has 2 aromatic heterocycles. The molecule has 0 bridgehead atoms. The van der Waals surface area contributed by atoms with Gasteiger partial charge in [-0.05, 0) is 67.6 Å². The van der Waals surface area contributed by atoms with Crippen molar-refractivity contribution in [3.8, 4) is 0 Å². The number of para-hydroxylation sites is 1. The minimum absolute atomic E-state index is 0.0456. The van der Waals surface area contributed by atoms with Crippen molar-refractivity contribution < 1.29 is 58.2 Å². The minimum Gasteiger partial charge on any atom is -0.480 e. The van der Waals surface area contributed by atoms with E-state index in [1.807, 2.05) is 38.1 Å². The molecule has 0 aliphatic carbocycles. The van der Waals surface area contributed by atoms with Crippen LogP contribution in [0.15, 0.2) is 73.3 Å². The lowest BCUT2D eigenvalue weighted by Gasteiger charge is -2.28. The maximum Gasteiger partial charge on any atom is 0.326 e. The number of rotatable bonds is 33. The lowest BCUT2D eigenvalue weighted by molar-refractivity contribution is -0.142. The molecule has 0 fully saturated rings. The molecule has 2 heterocycles. The van der Waals surface area contributed by atoms with Crippen molar-refractivity contribution in [2.24, 2.45) is 29.2 Å². The van der Waals surface area contributed by atoms with Crippen LogP contribution in [-0.2, 0) is 67.2 Å². The number of benzene rings is 2. The number of nitrogens with two attached hydrogens (primary N) is 2. The highest BCUT2D eigenvalue weighted by molar-refractivity contribution is 5.97. The second kappa shape index (κ2) is 31.4.